The normalized spacial score (nSPS) is 17.8. The first kappa shape index (κ1) is 26.5. The SMILES string of the molecule is CCCCCCCCC(C)N(CCC1CCCCN1C(=O)OC(C)(C)C)c1ccccn1. The van der Waals surface area contributed by atoms with Crippen LogP contribution in [0.4, 0.5) is 10.6 Å². The van der Waals surface area contributed by atoms with Crippen LogP contribution in [0.3, 0.4) is 0 Å². The highest BCUT2D eigenvalue weighted by Crippen LogP contribution is 2.25. The number of anilines is 1. The molecular formula is C27H47N3O2. The smallest absolute Gasteiger partial charge is 0.410 e. The molecule has 2 atom stereocenters. The van der Waals surface area contributed by atoms with Gasteiger partial charge in [-0.3, -0.25) is 0 Å². The van der Waals surface area contributed by atoms with Gasteiger partial charge in [-0.2, -0.15) is 0 Å². The fraction of sp³-hybridized carbons (Fsp3) is 0.778. The molecule has 1 amide bonds. The van der Waals surface area contributed by atoms with Crippen LogP contribution in [0.15, 0.2) is 24.4 Å². The van der Waals surface area contributed by atoms with Gasteiger partial charge in [-0.1, -0.05) is 51.5 Å². The Morgan fingerprint density at radius 3 is 2.62 bits per heavy atom. The Bertz CT molecular complexity index is 644. The van der Waals surface area contributed by atoms with Crippen LogP contribution in [0.2, 0.25) is 0 Å². The van der Waals surface area contributed by atoms with Crippen molar-refractivity contribution in [2.45, 2.75) is 123 Å². The minimum Gasteiger partial charge on any atom is -0.444 e. The van der Waals surface area contributed by atoms with Gasteiger partial charge < -0.3 is 14.5 Å². The van der Waals surface area contributed by atoms with E-state index >= 15 is 0 Å². The Hall–Kier alpha value is -1.78. The van der Waals surface area contributed by atoms with Crippen molar-refractivity contribution in [3.63, 3.8) is 0 Å². The van der Waals surface area contributed by atoms with Crippen LogP contribution in [-0.2, 0) is 4.74 Å². The summed E-state index contributed by atoms with van der Waals surface area (Å²) in [5.41, 5.74) is -0.454. The molecule has 0 saturated carbocycles. The number of pyridine rings is 1. The van der Waals surface area contributed by atoms with Crippen molar-refractivity contribution in [2.24, 2.45) is 0 Å². The first-order chi connectivity index (χ1) is 15.3. The minimum atomic E-state index is -0.454. The zero-order valence-electron chi connectivity index (χ0n) is 21.3. The van der Waals surface area contributed by atoms with E-state index in [1.807, 2.05) is 37.9 Å². The lowest BCUT2D eigenvalue weighted by molar-refractivity contribution is 0.00908. The number of likely N-dealkylation sites (tertiary alicyclic amines) is 1. The molecule has 5 heteroatoms. The van der Waals surface area contributed by atoms with Gasteiger partial charge in [0.15, 0.2) is 0 Å². The van der Waals surface area contributed by atoms with Crippen molar-refractivity contribution in [3.8, 4) is 0 Å². The van der Waals surface area contributed by atoms with Gasteiger partial charge in [-0.05, 0) is 71.9 Å². The third kappa shape index (κ3) is 9.38. The predicted octanol–water partition coefficient (Wildman–Crippen LogP) is 7.21. The third-order valence-electron chi connectivity index (χ3n) is 6.41. The second-order valence-corrected chi connectivity index (χ2v) is 10.4. The predicted molar refractivity (Wildman–Crippen MR) is 134 cm³/mol. The zero-order valence-corrected chi connectivity index (χ0v) is 21.3. The van der Waals surface area contributed by atoms with Crippen LogP contribution in [0.25, 0.3) is 0 Å². The number of rotatable bonds is 12. The molecule has 1 aliphatic heterocycles. The summed E-state index contributed by atoms with van der Waals surface area (Å²) in [4.78, 5) is 21.9. The Balaban J connectivity index is 1.97. The van der Waals surface area contributed by atoms with E-state index in [1.165, 1.54) is 51.4 Å². The second-order valence-electron chi connectivity index (χ2n) is 10.4. The fourth-order valence-corrected chi connectivity index (χ4v) is 4.61. The van der Waals surface area contributed by atoms with Gasteiger partial charge in [-0.25, -0.2) is 9.78 Å². The molecule has 2 heterocycles. The number of aromatic nitrogens is 1. The third-order valence-corrected chi connectivity index (χ3v) is 6.41. The molecule has 0 aromatic carbocycles. The Kier molecular flexibility index (Phi) is 11.3. The molecule has 1 aliphatic rings. The molecule has 2 unspecified atom stereocenters. The lowest BCUT2D eigenvalue weighted by Gasteiger charge is -2.39. The van der Waals surface area contributed by atoms with Gasteiger partial charge in [0.1, 0.15) is 11.4 Å². The number of carbonyl (C=O) groups excluding carboxylic acids is 1. The monoisotopic (exact) mass is 445 g/mol. The molecule has 1 saturated heterocycles. The van der Waals surface area contributed by atoms with E-state index in [9.17, 15) is 4.79 Å². The largest absolute Gasteiger partial charge is 0.444 e. The maximum atomic E-state index is 12.8. The summed E-state index contributed by atoms with van der Waals surface area (Å²) in [5, 5.41) is 0. The number of piperidine rings is 1. The van der Waals surface area contributed by atoms with Crippen molar-refractivity contribution in [2.75, 3.05) is 18.0 Å². The molecule has 0 bridgehead atoms. The van der Waals surface area contributed by atoms with Crippen LogP contribution in [0.5, 0.6) is 0 Å². The van der Waals surface area contributed by atoms with Gasteiger partial charge in [0.25, 0.3) is 0 Å². The molecule has 0 radical (unpaired) electrons. The number of unbranched alkanes of at least 4 members (excludes halogenated alkanes) is 5. The Labute approximate surface area is 196 Å². The lowest BCUT2D eigenvalue weighted by atomic mass is 9.99. The van der Waals surface area contributed by atoms with E-state index < -0.39 is 5.60 Å². The van der Waals surface area contributed by atoms with Crippen LogP contribution in [-0.4, -0.2) is 46.8 Å². The fourth-order valence-electron chi connectivity index (χ4n) is 4.61. The summed E-state index contributed by atoms with van der Waals surface area (Å²) < 4.78 is 5.70. The minimum absolute atomic E-state index is 0.160. The highest BCUT2D eigenvalue weighted by Gasteiger charge is 2.31. The van der Waals surface area contributed by atoms with Crippen molar-refractivity contribution in [1.29, 1.82) is 0 Å². The topological polar surface area (TPSA) is 45.7 Å². The van der Waals surface area contributed by atoms with Crippen LogP contribution >= 0.6 is 0 Å². The molecule has 0 aliphatic carbocycles. The number of ether oxygens (including phenoxy) is 1. The number of hydrogen-bond donors (Lipinski definition) is 0. The summed E-state index contributed by atoms with van der Waals surface area (Å²) >= 11 is 0. The number of hydrogen-bond acceptors (Lipinski definition) is 4. The summed E-state index contributed by atoms with van der Waals surface area (Å²) in [6.07, 6.45) is 15.1. The van der Waals surface area contributed by atoms with Gasteiger partial charge in [0.05, 0.1) is 0 Å². The molecule has 5 nitrogen and oxygen atoms in total. The van der Waals surface area contributed by atoms with Gasteiger partial charge in [0.2, 0.25) is 0 Å². The molecule has 1 aromatic rings. The van der Waals surface area contributed by atoms with Crippen molar-refractivity contribution in [1.82, 2.24) is 9.88 Å². The Morgan fingerprint density at radius 1 is 1.19 bits per heavy atom. The molecule has 2 rings (SSSR count). The highest BCUT2D eigenvalue weighted by atomic mass is 16.6. The van der Waals surface area contributed by atoms with E-state index in [4.69, 9.17) is 4.74 Å². The van der Waals surface area contributed by atoms with Crippen LogP contribution < -0.4 is 4.90 Å². The summed E-state index contributed by atoms with van der Waals surface area (Å²) in [6, 6.07) is 6.84. The molecular weight excluding hydrogens is 398 g/mol. The molecule has 1 aromatic heterocycles. The lowest BCUT2D eigenvalue weighted by Crippen LogP contribution is -2.48. The van der Waals surface area contributed by atoms with Gasteiger partial charge in [-0.15, -0.1) is 0 Å². The van der Waals surface area contributed by atoms with Crippen LogP contribution in [0, 0.1) is 0 Å². The summed E-state index contributed by atoms with van der Waals surface area (Å²) in [6.45, 7) is 12.1. The molecule has 0 spiro atoms. The average molecular weight is 446 g/mol. The average Bonchev–Trinajstić information content (AvgIpc) is 2.76. The number of amides is 1. The molecule has 182 valence electrons. The van der Waals surface area contributed by atoms with Gasteiger partial charge >= 0.3 is 6.09 Å². The zero-order chi connectivity index (χ0) is 23.4. The Morgan fingerprint density at radius 2 is 1.94 bits per heavy atom. The maximum absolute atomic E-state index is 12.8. The van der Waals surface area contributed by atoms with E-state index in [2.05, 4.69) is 35.9 Å². The van der Waals surface area contributed by atoms with E-state index in [-0.39, 0.29) is 12.1 Å². The number of carbonyl (C=O) groups is 1. The van der Waals surface area contributed by atoms with E-state index in [0.29, 0.717) is 6.04 Å². The molecule has 32 heavy (non-hydrogen) atoms. The highest BCUT2D eigenvalue weighted by molar-refractivity contribution is 5.68. The van der Waals surface area contributed by atoms with Crippen molar-refractivity contribution >= 4 is 11.9 Å². The second kappa shape index (κ2) is 13.7. The first-order valence-electron chi connectivity index (χ1n) is 13.0. The maximum Gasteiger partial charge on any atom is 0.410 e. The van der Waals surface area contributed by atoms with Crippen molar-refractivity contribution in [3.05, 3.63) is 24.4 Å². The van der Waals surface area contributed by atoms with Gasteiger partial charge in [0, 0.05) is 31.4 Å². The summed E-state index contributed by atoms with van der Waals surface area (Å²) in [7, 11) is 0. The standard InChI is InChI=1S/C27H47N3O2/c1-6-7-8-9-10-11-16-23(2)29(25-18-12-14-20-28-25)22-19-24-17-13-15-21-30(24)26(31)32-27(3,4)5/h12,14,18,20,23-24H,6-11,13,15-17,19,21-22H2,1-5H3. The quantitative estimate of drug-likeness (QED) is 0.319. The number of nitrogens with zero attached hydrogens (tertiary/aromatic N) is 3. The van der Waals surface area contributed by atoms with E-state index in [1.54, 1.807) is 0 Å². The molecule has 1 fully saturated rings. The van der Waals surface area contributed by atoms with Crippen molar-refractivity contribution < 1.29 is 9.53 Å². The van der Waals surface area contributed by atoms with E-state index in [0.717, 1.165) is 38.2 Å². The summed E-state index contributed by atoms with van der Waals surface area (Å²) in [5.74, 6) is 1.05. The van der Waals surface area contributed by atoms with Crippen LogP contribution in [0.1, 0.15) is 105 Å². The molecule has 0 N–H and O–H groups in total. The first-order valence-corrected chi connectivity index (χ1v) is 13.0.